The Bertz CT molecular complexity index is 634. The molecule has 0 atom stereocenters. The van der Waals surface area contributed by atoms with Crippen LogP contribution in [0.5, 0.6) is 5.75 Å². The highest BCUT2D eigenvalue weighted by molar-refractivity contribution is 5.93. The summed E-state index contributed by atoms with van der Waals surface area (Å²) >= 11 is 0. The summed E-state index contributed by atoms with van der Waals surface area (Å²) < 4.78 is 7.22. The van der Waals surface area contributed by atoms with Gasteiger partial charge in [-0.15, -0.1) is 5.10 Å². The molecule has 2 aromatic rings. The molecule has 1 aromatic heterocycles. The van der Waals surface area contributed by atoms with Crippen LogP contribution in [0.1, 0.15) is 30.0 Å². The Morgan fingerprint density at radius 1 is 1.36 bits per heavy atom. The molecule has 0 saturated heterocycles. The van der Waals surface area contributed by atoms with Gasteiger partial charge in [-0.3, -0.25) is 4.79 Å². The summed E-state index contributed by atoms with van der Waals surface area (Å²) in [5, 5.41) is 10.7. The van der Waals surface area contributed by atoms with Crippen molar-refractivity contribution in [1.82, 2.24) is 20.3 Å². The van der Waals surface area contributed by atoms with Crippen LogP contribution in [0, 0.1) is 6.92 Å². The van der Waals surface area contributed by atoms with Crippen LogP contribution in [0.2, 0.25) is 0 Å². The first-order valence-corrected chi connectivity index (χ1v) is 7.20. The number of carbonyl (C=O) groups is 1. The van der Waals surface area contributed by atoms with Crippen molar-refractivity contribution in [2.45, 2.75) is 26.9 Å². The zero-order chi connectivity index (χ0) is 16.1. The summed E-state index contributed by atoms with van der Waals surface area (Å²) in [6.07, 6.45) is 0.122. The predicted octanol–water partition coefficient (Wildman–Crippen LogP) is 1.05. The molecule has 0 fully saturated rings. The fourth-order valence-electron chi connectivity index (χ4n) is 1.99. The van der Waals surface area contributed by atoms with Gasteiger partial charge in [0.15, 0.2) is 5.69 Å². The van der Waals surface area contributed by atoms with Crippen molar-refractivity contribution in [2.75, 3.05) is 13.1 Å². The molecule has 7 nitrogen and oxygen atoms in total. The first-order chi connectivity index (χ1) is 10.5. The summed E-state index contributed by atoms with van der Waals surface area (Å²) in [6.45, 7) is 6.54. The maximum absolute atomic E-state index is 11.9. The molecule has 3 N–H and O–H groups in total. The molecule has 0 aliphatic heterocycles. The number of carbonyl (C=O) groups excluding carboxylic acids is 1. The molecule has 0 aliphatic carbocycles. The van der Waals surface area contributed by atoms with Gasteiger partial charge in [-0.05, 0) is 45.0 Å². The van der Waals surface area contributed by atoms with E-state index in [-0.39, 0.29) is 12.0 Å². The first-order valence-electron chi connectivity index (χ1n) is 7.20. The molecule has 118 valence electrons. The number of benzene rings is 1. The smallest absolute Gasteiger partial charge is 0.273 e. The normalized spacial score (nSPS) is 10.8. The van der Waals surface area contributed by atoms with E-state index in [4.69, 9.17) is 10.5 Å². The summed E-state index contributed by atoms with van der Waals surface area (Å²) in [4.78, 5) is 11.9. The Balaban J connectivity index is 2.19. The molecule has 0 aliphatic rings. The van der Waals surface area contributed by atoms with E-state index < -0.39 is 0 Å². The Morgan fingerprint density at radius 2 is 2.05 bits per heavy atom. The van der Waals surface area contributed by atoms with Gasteiger partial charge in [0.2, 0.25) is 0 Å². The van der Waals surface area contributed by atoms with Crippen LogP contribution in [0.15, 0.2) is 24.3 Å². The van der Waals surface area contributed by atoms with Crippen molar-refractivity contribution in [3.8, 4) is 11.4 Å². The number of hydrogen-bond acceptors (Lipinski definition) is 5. The topological polar surface area (TPSA) is 95.1 Å². The Morgan fingerprint density at radius 3 is 2.64 bits per heavy atom. The molecule has 0 saturated carbocycles. The molecule has 0 spiro atoms. The molecule has 7 heteroatoms. The highest BCUT2D eigenvalue weighted by atomic mass is 16.5. The zero-order valence-electron chi connectivity index (χ0n) is 13.0. The fourth-order valence-corrected chi connectivity index (χ4v) is 1.99. The zero-order valence-corrected chi connectivity index (χ0v) is 13.0. The van der Waals surface area contributed by atoms with Crippen LogP contribution in [0.4, 0.5) is 0 Å². The molecule has 0 bridgehead atoms. The van der Waals surface area contributed by atoms with Crippen LogP contribution in [-0.2, 0) is 0 Å². The lowest BCUT2D eigenvalue weighted by Gasteiger charge is -2.10. The summed E-state index contributed by atoms with van der Waals surface area (Å²) in [7, 11) is 0. The minimum absolute atomic E-state index is 0.122. The molecular weight excluding hydrogens is 282 g/mol. The van der Waals surface area contributed by atoms with E-state index in [1.54, 1.807) is 11.6 Å². The van der Waals surface area contributed by atoms with Crippen LogP contribution in [0.25, 0.3) is 5.69 Å². The van der Waals surface area contributed by atoms with E-state index in [1.165, 1.54) is 0 Å². The summed E-state index contributed by atoms with van der Waals surface area (Å²) in [5.74, 6) is 0.520. The van der Waals surface area contributed by atoms with E-state index in [0.29, 0.717) is 24.5 Å². The molecular formula is C15H21N5O2. The fraction of sp³-hybridized carbons (Fsp3) is 0.400. The van der Waals surface area contributed by atoms with E-state index in [0.717, 1.165) is 11.4 Å². The second-order valence-corrected chi connectivity index (χ2v) is 5.14. The second-order valence-electron chi connectivity index (χ2n) is 5.14. The van der Waals surface area contributed by atoms with Gasteiger partial charge < -0.3 is 15.8 Å². The van der Waals surface area contributed by atoms with E-state index >= 15 is 0 Å². The van der Waals surface area contributed by atoms with Gasteiger partial charge in [-0.2, -0.15) is 0 Å². The SMILES string of the molecule is Cc1c(C(=O)NCCN)nnn1-c1ccc(OC(C)C)cc1. The Labute approximate surface area is 129 Å². The molecule has 1 amide bonds. The summed E-state index contributed by atoms with van der Waals surface area (Å²) in [6, 6.07) is 7.48. The van der Waals surface area contributed by atoms with E-state index in [2.05, 4.69) is 15.6 Å². The van der Waals surface area contributed by atoms with Crippen molar-refractivity contribution in [2.24, 2.45) is 5.73 Å². The maximum Gasteiger partial charge on any atom is 0.273 e. The number of nitrogens with two attached hydrogens (primary N) is 1. The minimum atomic E-state index is -0.269. The van der Waals surface area contributed by atoms with E-state index in [9.17, 15) is 4.79 Å². The third-order valence-corrected chi connectivity index (χ3v) is 2.99. The maximum atomic E-state index is 11.9. The van der Waals surface area contributed by atoms with Crippen molar-refractivity contribution in [1.29, 1.82) is 0 Å². The minimum Gasteiger partial charge on any atom is -0.491 e. The van der Waals surface area contributed by atoms with Gasteiger partial charge in [-0.25, -0.2) is 4.68 Å². The average molecular weight is 303 g/mol. The van der Waals surface area contributed by atoms with Crippen LogP contribution >= 0.6 is 0 Å². The third-order valence-electron chi connectivity index (χ3n) is 2.99. The molecule has 0 radical (unpaired) electrons. The number of nitrogens with zero attached hydrogens (tertiary/aromatic N) is 3. The number of ether oxygens (including phenoxy) is 1. The Kier molecular flexibility index (Phi) is 5.11. The van der Waals surface area contributed by atoms with Crippen LogP contribution < -0.4 is 15.8 Å². The lowest BCUT2D eigenvalue weighted by atomic mass is 10.2. The monoisotopic (exact) mass is 303 g/mol. The van der Waals surface area contributed by atoms with Gasteiger partial charge in [0.1, 0.15) is 5.75 Å². The van der Waals surface area contributed by atoms with Gasteiger partial charge >= 0.3 is 0 Å². The summed E-state index contributed by atoms with van der Waals surface area (Å²) in [5.41, 5.74) is 7.16. The molecule has 1 aromatic carbocycles. The number of aromatic nitrogens is 3. The molecule has 1 heterocycles. The van der Waals surface area contributed by atoms with Crippen molar-refractivity contribution < 1.29 is 9.53 Å². The molecule has 22 heavy (non-hydrogen) atoms. The van der Waals surface area contributed by atoms with Gasteiger partial charge in [0, 0.05) is 13.1 Å². The number of rotatable bonds is 6. The van der Waals surface area contributed by atoms with Crippen molar-refractivity contribution >= 4 is 5.91 Å². The lowest BCUT2D eigenvalue weighted by Crippen LogP contribution is -2.29. The van der Waals surface area contributed by atoms with Gasteiger partial charge in [-0.1, -0.05) is 5.21 Å². The highest BCUT2D eigenvalue weighted by Gasteiger charge is 2.16. The standard InChI is InChI=1S/C15H21N5O2/c1-10(2)22-13-6-4-12(5-7-13)20-11(3)14(18-19-20)15(21)17-9-8-16/h4-7,10H,8-9,16H2,1-3H3,(H,17,21). The second kappa shape index (κ2) is 7.04. The number of hydrogen-bond donors (Lipinski definition) is 2. The van der Waals surface area contributed by atoms with Gasteiger partial charge in [0.05, 0.1) is 17.5 Å². The van der Waals surface area contributed by atoms with Crippen molar-refractivity contribution in [3.63, 3.8) is 0 Å². The van der Waals surface area contributed by atoms with Crippen LogP contribution in [-0.4, -0.2) is 40.1 Å². The molecule has 0 unspecified atom stereocenters. The number of amides is 1. The number of nitrogens with one attached hydrogen (secondary N) is 1. The highest BCUT2D eigenvalue weighted by Crippen LogP contribution is 2.18. The van der Waals surface area contributed by atoms with Crippen LogP contribution in [0.3, 0.4) is 0 Å². The van der Waals surface area contributed by atoms with Crippen molar-refractivity contribution in [3.05, 3.63) is 35.7 Å². The lowest BCUT2D eigenvalue weighted by molar-refractivity contribution is 0.0949. The quantitative estimate of drug-likeness (QED) is 0.831. The largest absolute Gasteiger partial charge is 0.491 e. The average Bonchev–Trinajstić information content (AvgIpc) is 2.87. The van der Waals surface area contributed by atoms with Gasteiger partial charge in [0.25, 0.3) is 5.91 Å². The third kappa shape index (κ3) is 3.62. The van der Waals surface area contributed by atoms with E-state index in [1.807, 2.05) is 38.1 Å². The Hall–Kier alpha value is -2.41. The molecule has 2 rings (SSSR count). The first kappa shape index (κ1) is 16.0. The predicted molar refractivity (Wildman–Crippen MR) is 83.2 cm³/mol.